The van der Waals surface area contributed by atoms with Crippen molar-refractivity contribution in [3.05, 3.63) is 47.7 Å². The molecule has 27 heavy (non-hydrogen) atoms. The molecule has 0 atom stereocenters. The van der Waals surface area contributed by atoms with Gasteiger partial charge in [0, 0.05) is 37.9 Å². The van der Waals surface area contributed by atoms with E-state index in [4.69, 9.17) is 0 Å². The smallest absolute Gasteiger partial charge is 0.387 e. The molecule has 140 valence electrons. The van der Waals surface area contributed by atoms with Gasteiger partial charge in [-0.25, -0.2) is 9.97 Å². The number of hydrogen-bond donors (Lipinski definition) is 0. The Labute approximate surface area is 158 Å². The zero-order chi connectivity index (χ0) is 18.8. The third kappa shape index (κ3) is 3.68. The zero-order valence-electron chi connectivity index (χ0n) is 14.2. The number of halogens is 2. The lowest BCUT2D eigenvalue weighted by Gasteiger charge is -2.36. The number of thiophene rings is 1. The van der Waals surface area contributed by atoms with Crippen LogP contribution < -0.4 is 9.64 Å². The second-order valence-corrected chi connectivity index (χ2v) is 6.93. The van der Waals surface area contributed by atoms with Crippen LogP contribution in [0.25, 0.3) is 10.2 Å². The van der Waals surface area contributed by atoms with Gasteiger partial charge in [-0.15, -0.1) is 11.3 Å². The molecule has 9 heteroatoms. The number of carbonyl (C=O) groups excluding carboxylic acids is 1. The standard InChI is InChI=1S/C18H16F2N4O2S/c19-18(20)26-13-3-1-2-12(10-13)23-5-7-24(8-6-23)17(25)15-16-14(4-9-27-16)21-11-22-15/h1-4,9-11,18H,5-8H2. The number of fused-ring (bicyclic) bond motifs is 1. The van der Waals surface area contributed by atoms with Crippen molar-refractivity contribution in [1.82, 2.24) is 14.9 Å². The number of piperazine rings is 1. The quantitative estimate of drug-likeness (QED) is 0.685. The van der Waals surface area contributed by atoms with Crippen LogP contribution in [0.4, 0.5) is 14.5 Å². The molecule has 0 radical (unpaired) electrons. The number of carbonyl (C=O) groups is 1. The van der Waals surface area contributed by atoms with Crippen LogP contribution in [-0.2, 0) is 0 Å². The van der Waals surface area contributed by atoms with Crippen LogP contribution in [0, 0.1) is 0 Å². The van der Waals surface area contributed by atoms with Gasteiger partial charge in [0.25, 0.3) is 5.91 Å². The van der Waals surface area contributed by atoms with E-state index in [1.54, 1.807) is 17.0 Å². The lowest BCUT2D eigenvalue weighted by atomic mass is 10.2. The van der Waals surface area contributed by atoms with E-state index in [2.05, 4.69) is 14.7 Å². The van der Waals surface area contributed by atoms with E-state index < -0.39 is 6.61 Å². The Morgan fingerprint density at radius 2 is 1.96 bits per heavy atom. The highest BCUT2D eigenvalue weighted by Crippen LogP contribution is 2.25. The number of hydrogen-bond acceptors (Lipinski definition) is 6. The van der Waals surface area contributed by atoms with Crippen LogP contribution >= 0.6 is 11.3 Å². The summed E-state index contributed by atoms with van der Waals surface area (Å²) in [6.45, 7) is -0.604. The summed E-state index contributed by atoms with van der Waals surface area (Å²) >= 11 is 1.45. The zero-order valence-corrected chi connectivity index (χ0v) is 15.0. The minimum atomic E-state index is -2.85. The SMILES string of the molecule is O=C(c1ncnc2ccsc12)N1CCN(c2cccc(OC(F)F)c2)CC1. The molecule has 1 aliphatic rings. The Hall–Kier alpha value is -2.81. The van der Waals surface area contributed by atoms with E-state index in [0.717, 1.165) is 15.9 Å². The molecule has 0 saturated carbocycles. The minimum absolute atomic E-state index is 0.112. The van der Waals surface area contributed by atoms with Gasteiger partial charge in [0.05, 0.1) is 10.2 Å². The van der Waals surface area contributed by atoms with Crippen molar-refractivity contribution in [3.8, 4) is 5.75 Å². The lowest BCUT2D eigenvalue weighted by Crippen LogP contribution is -2.49. The second-order valence-electron chi connectivity index (χ2n) is 6.01. The maximum absolute atomic E-state index is 12.9. The number of nitrogens with zero attached hydrogens (tertiary/aromatic N) is 4. The molecule has 1 aromatic carbocycles. The summed E-state index contributed by atoms with van der Waals surface area (Å²) in [6, 6.07) is 8.47. The van der Waals surface area contributed by atoms with Gasteiger partial charge >= 0.3 is 6.61 Å². The second kappa shape index (κ2) is 7.43. The van der Waals surface area contributed by atoms with Crippen LogP contribution in [0.3, 0.4) is 0 Å². The van der Waals surface area contributed by atoms with Gasteiger partial charge in [-0.2, -0.15) is 8.78 Å². The van der Waals surface area contributed by atoms with Crippen LogP contribution in [-0.4, -0.2) is 53.6 Å². The summed E-state index contributed by atoms with van der Waals surface area (Å²) in [6.07, 6.45) is 1.41. The van der Waals surface area contributed by atoms with E-state index in [0.29, 0.717) is 31.9 Å². The number of alkyl halides is 2. The maximum atomic E-state index is 12.9. The van der Waals surface area contributed by atoms with Gasteiger partial charge in [0.15, 0.2) is 0 Å². The fourth-order valence-electron chi connectivity index (χ4n) is 3.12. The van der Waals surface area contributed by atoms with Gasteiger partial charge in [-0.1, -0.05) is 6.07 Å². The summed E-state index contributed by atoms with van der Waals surface area (Å²) in [7, 11) is 0. The molecular formula is C18H16F2N4O2S. The first-order valence-corrected chi connectivity index (χ1v) is 9.27. The molecule has 1 aliphatic heterocycles. The molecule has 4 rings (SSSR count). The molecule has 1 saturated heterocycles. The number of ether oxygens (including phenoxy) is 1. The molecule has 0 N–H and O–H groups in total. The van der Waals surface area contributed by atoms with Gasteiger partial charge < -0.3 is 14.5 Å². The Kier molecular flexibility index (Phi) is 4.85. The van der Waals surface area contributed by atoms with Crippen molar-refractivity contribution in [2.45, 2.75) is 6.61 Å². The fraction of sp³-hybridized carbons (Fsp3) is 0.278. The first-order chi connectivity index (χ1) is 13.1. The number of aromatic nitrogens is 2. The highest BCUT2D eigenvalue weighted by Gasteiger charge is 2.25. The average Bonchev–Trinajstić information content (AvgIpc) is 3.16. The topological polar surface area (TPSA) is 58.6 Å². The molecule has 0 spiro atoms. The van der Waals surface area contributed by atoms with Gasteiger partial charge in [0.2, 0.25) is 0 Å². The normalized spacial score (nSPS) is 14.8. The van der Waals surface area contributed by atoms with Crippen molar-refractivity contribution < 1.29 is 18.3 Å². The number of benzene rings is 1. The summed E-state index contributed by atoms with van der Waals surface area (Å²) < 4.78 is 30.0. The minimum Gasteiger partial charge on any atom is -0.435 e. The third-order valence-electron chi connectivity index (χ3n) is 4.42. The van der Waals surface area contributed by atoms with Gasteiger partial charge in [-0.05, 0) is 23.6 Å². The molecule has 0 unspecified atom stereocenters. The predicted octanol–water partition coefficient (Wildman–Crippen LogP) is 3.26. The third-order valence-corrected chi connectivity index (χ3v) is 5.33. The van der Waals surface area contributed by atoms with Crippen molar-refractivity contribution >= 4 is 33.1 Å². The fourth-order valence-corrected chi connectivity index (χ4v) is 3.94. The molecule has 2 aromatic heterocycles. The Bertz CT molecular complexity index is 957. The van der Waals surface area contributed by atoms with Crippen LogP contribution in [0.15, 0.2) is 42.0 Å². The first-order valence-electron chi connectivity index (χ1n) is 8.39. The van der Waals surface area contributed by atoms with Gasteiger partial charge in [0.1, 0.15) is 17.8 Å². The summed E-state index contributed by atoms with van der Waals surface area (Å²) in [5, 5.41) is 1.89. The summed E-state index contributed by atoms with van der Waals surface area (Å²) in [4.78, 5) is 25.0. The van der Waals surface area contributed by atoms with Gasteiger partial charge in [-0.3, -0.25) is 4.79 Å². The van der Waals surface area contributed by atoms with E-state index in [-0.39, 0.29) is 11.7 Å². The largest absolute Gasteiger partial charge is 0.435 e. The maximum Gasteiger partial charge on any atom is 0.387 e. The number of anilines is 1. The van der Waals surface area contributed by atoms with E-state index >= 15 is 0 Å². The number of rotatable bonds is 4. The Balaban J connectivity index is 1.44. The Morgan fingerprint density at radius 3 is 2.74 bits per heavy atom. The van der Waals surface area contributed by atoms with Crippen LogP contribution in [0.1, 0.15) is 10.5 Å². The molecule has 1 amide bonds. The monoisotopic (exact) mass is 390 g/mol. The molecular weight excluding hydrogens is 374 g/mol. The average molecular weight is 390 g/mol. The van der Waals surface area contributed by atoms with Crippen molar-refractivity contribution in [2.75, 3.05) is 31.1 Å². The van der Waals surface area contributed by atoms with Crippen molar-refractivity contribution in [1.29, 1.82) is 0 Å². The molecule has 0 aliphatic carbocycles. The molecule has 3 heterocycles. The Morgan fingerprint density at radius 1 is 1.15 bits per heavy atom. The summed E-state index contributed by atoms with van der Waals surface area (Å²) in [5.74, 6) is 0.0152. The van der Waals surface area contributed by atoms with Crippen LogP contribution in [0.2, 0.25) is 0 Å². The van der Waals surface area contributed by atoms with Crippen molar-refractivity contribution in [2.24, 2.45) is 0 Å². The van der Waals surface area contributed by atoms with Crippen molar-refractivity contribution in [3.63, 3.8) is 0 Å². The predicted molar refractivity (Wildman–Crippen MR) is 98.6 cm³/mol. The lowest BCUT2D eigenvalue weighted by molar-refractivity contribution is -0.0498. The van der Waals surface area contributed by atoms with E-state index in [9.17, 15) is 13.6 Å². The van der Waals surface area contributed by atoms with E-state index in [1.165, 1.54) is 23.7 Å². The molecule has 1 fully saturated rings. The highest BCUT2D eigenvalue weighted by atomic mass is 32.1. The molecule has 6 nitrogen and oxygen atoms in total. The van der Waals surface area contributed by atoms with E-state index in [1.807, 2.05) is 22.4 Å². The summed E-state index contributed by atoms with van der Waals surface area (Å²) in [5.41, 5.74) is 1.99. The first kappa shape index (κ1) is 17.6. The van der Waals surface area contributed by atoms with Crippen LogP contribution in [0.5, 0.6) is 5.75 Å². The molecule has 0 bridgehead atoms. The highest BCUT2D eigenvalue weighted by molar-refractivity contribution is 7.17. The number of amides is 1. The molecule has 3 aromatic rings.